The van der Waals surface area contributed by atoms with Crippen LogP contribution in [0.3, 0.4) is 0 Å². The highest BCUT2D eigenvalue weighted by Gasteiger charge is 2.41. The van der Waals surface area contributed by atoms with E-state index < -0.39 is 12.2 Å². The molecule has 1 aliphatic rings. The lowest BCUT2D eigenvalue weighted by Gasteiger charge is -2.40. The molecule has 1 aromatic rings. The molecule has 29 heavy (non-hydrogen) atoms. The highest BCUT2D eigenvalue weighted by atomic mass is 127. The molecule has 9 heteroatoms. The number of ether oxygens (including phenoxy) is 1. The number of hydrogen-bond donors (Lipinski definition) is 1. The van der Waals surface area contributed by atoms with Gasteiger partial charge in [0, 0.05) is 45.2 Å². The molecule has 1 aromatic carbocycles. The highest BCUT2D eigenvalue weighted by Crippen LogP contribution is 2.27. The van der Waals surface area contributed by atoms with Gasteiger partial charge in [0.1, 0.15) is 11.8 Å². The topological polar surface area (TPSA) is 40.1 Å². The van der Waals surface area contributed by atoms with Gasteiger partial charge in [0.25, 0.3) is 0 Å². The molecule has 0 bridgehead atoms. The van der Waals surface area contributed by atoms with Crippen molar-refractivity contribution >= 4 is 29.9 Å². The molecule has 5 nitrogen and oxygen atoms in total. The normalized spacial score (nSPS) is 17.5. The molecule has 1 fully saturated rings. The number of nitrogens with one attached hydrogen (secondary N) is 1. The maximum atomic E-state index is 12.9. The quantitative estimate of drug-likeness (QED) is 0.360. The highest BCUT2D eigenvalue weighted by molar-refractivity contribution is 14.0. The Bertz CT molecular complexity index is 674. The van der Waals surface area contributed by atoms with Gasteiger partial charge in [-0.2, -0.15) is 13.2 Å². The second kappa shape index (κ2) is 10.7. The number of piperazine rings is 1. The number of hydrogen-bond acceptors (Lipinski definition) is 3. The third-order valence-electron chi connectivity index (χ3n) is 5.39. The van der Waals surface area contributed by atoms with Crippen molar-refractivity contribution in [2.24, 2.45) is 4.99 Å². The van der Waals surface area contributed by atoms with Crippen LogP contribution in [-0.2, 0) is 5.41 Å². The Morgan fingerprint density at radius 1 is 1.21 bits per heavy atom. The molecule has 166 valence electrons. The summed E-state index contributed by atoms with van der Waals surface area (Å²) in [5.41, 5.74) is 0.968. The molecular weight excluding hydrogens is 496 g/mol. The zero-order valence-electron chi connectivity index (χ0n) is 17.7. The summed E-state index contributed by atoms with van der Waals surface area (Å²) < 4.78 is 44.1. The summed E-state index contributed by atoms with van der Waals surface area (Å²) in [6, 6.07) is 6.53. The van der Waals surface area contributed by atoms with Gasteiger partial charge >= 0.3 is 6.18 Å². The minimum absolute atomic E-state index is 0. The maximum absolute atomic E-state index is 12.9. The number of methoxy groups -OCH3 is 1. The summed E-state index contributed by atoms with van der Waals surface area (Å²) in [6.45, 7) is 7.88. The summed E-state index contributed by atoms with van der Waals surface area (Å²) in [5, 5.41) is 3.38. The van der Waals surface area contributed by atoms with Gasteiger partial charge in [0.05, 0.1) is 7.11 Å². The van der Waals surface area contributed by atoms with Crippen LogP contribution >= 0.6 is 24.0 Å². The lowest BCUT2D eigenvalue weighted by atomic mass is 9.84. The number of aliphatic imine (C=N–C) groups is 1. The SMILES string of the molecule is CN=C(NCC(C)(C)c1cccc(OC)c1)N1CCN(C(C)C(F)(F)F)CC1.I. The Morgan fingerprint density at radius 2 is 1.83 bits per heavy atom. The van der Waals surface area contributed by atoms with Gasteiger partial charge < -0.3 is 15.0 Å². The van der Waals surface area contributed by atoms with Crippen LogP contribution in [0.1, 0.15) is 26.3 Å². The molecular formula is C20H32F3IN4O. The van der Waals surface area contributed by atoms with Gasteiger partial charge in [-0.25, -0.2) is 0 Å². The zero-order valence-corrected chi connectivity index (χ0v) is 20.0. The second-order valence-corrected chi connectivity index (χ2v) is 7.76. The van der Waals surface area contributed by atoms with Crippen LogP contribution in [0.15, 0.2) is 29.3 Å². The lowest BCUT2D eigenvalue weighted by molar-refractivity contribution is -0.181. The molecule has 1 unspecified atom stereocenters. The number of rotatable bonds is 5. The standard InChI is InChI=1S/C20H31F3N4O.HI/c1-15(20(21,22)23)26-9-11-27(12-10-26)18(24-4)25-14-19(2,3)16-7-6-8-17(13-16)28-5;/h6-8,13,15H,9-12,14H2,1-5H3,(H,24,25);1H. The number of benzene rings is 1. The maximum Gasteiger partial charge on any atom is 0.403 e. The van der Waals surface area contributed by atoms with Crippen molar-refractivity contribution in [3.8, 4) is 5.75 Å². The van der Waals surface area contributed by atoms with E-state index in [0.29, 0.717) is 32.7 Å². The van der Waals surface area contributed by atoms with Crippen LogP contribution in [0.4, 0.5) is 13.2 Å². The van der Waals surface area contributed by atoms with E-state index in [-0.39, 0.29) is 29.4 Å². The number of nitrogens with zero attached hydrogens (tertiary/aromatic N) is 3. The summed E-state index contributed by atoms with van der Waals surface area (Å²) in [5.74, 6) is 1.53. The van der Waals surface area contributed by atoms with E-state index in [4.69, 9.17) is 4.74 Å². The van der Waals surface area contributed by atoms with Gasteiger partial charge in [0.2, 0.25) is 0 Å². The third kappa shape index (κ3) is 6.91. The van der Waals surface area contributed by atoms with Crippen LogP contribution in [0.25, 0.3) is 0 Å². The molecule has 1 N–H and O–H groups in total. The first-order valence-electron chi connectivity index (χ1n) is 9.49. The van der Waals surface area contributed by atoms with Gasteiger partial charge in [-0.1, -0.05) is 26.0 Å². The molecule has 1 atom stereocenters. The molecule has 1 heterocycles. The van der Waals surface area contributed by atoms with Crippen molar-refractivity contribution in [3.63, 3.8) is 0 Å². The molecule has 0 spiro atoms. The summed E-state index contributed by atoms with van der Waals surface area (Å²) >= 11 is 0. The smallest absolute Gasteiger partial charge is 0.403 e. The number of guanidine groups is 1. The number of halogens is 4. The van der Waals surface area contributed by atoms with Gasteiger partial charge in [0.15, 0.2) is 5.96 Å². The fourth-order valence-electron chi connectivity index (χ4n) is 3.31. The Hall–Kier alpha value is -1.23. The second-order valence-electron chi connectivity index (χ2n) is 7.76. The molecule has 1 saturated heterocycles. The van der Waals surface area contributed by atoms with E-state index in [1.54, 1.807) is 14.2 Å². The minimum atomic E-state index is -4.19. The van der Waals surface area contributed by atoms with Gasteiger partial charge in [-0.15, -0.1) is 24.0 Å². The Morgan fingerprint density at radius 3 is 2.34 bits per heavy atom. The van der Waals surface area contributed by atoms with E-state index in [9.17, 15) is 13.2 Å². The molecule has 0 saturated carbocycles. The summed E-state index contributed by atoms with van der Waals surface area (Å²) in [6.07, 6.45) is -4.19. The largest absolute Gasteiger partial charge is 0.497 e. The Balaban J connectivity index is 0.00000420. The first-order valence-corrected chi connectivity index (χ1v) is 9.49. The van der Waals surface area contributed by atoms with Crippen molar-refractivity contribution in [1.82, 2.24) is 15.1 Å². The van der Waals surface area contributed by atoms with E-state index in [1.165, 1.54) is 11.8 Å². The van der Waals surface area contributed by atoms with Gasteiger partial charge in [-0.05, 0) is 24.6 Å². The predicted octanol–water partition coefficient (Wildman–Crippen LogP) is 3.73. The van der Waals surface area contributed by atoms with E-state index in [2.05, 4.69) is 30.2 Å². The average molecular weight is 528 g/mol. The third-order valence-corrected chi connectivity index (χ3v) is 5.39. The van der Waals surface area contributed by atoms with Crippen molar-refractivity contribution in [2.75, 3.05) is 46.9 Å². The summed E-state index contributed by atoms with van der Waals surface area (Å²) in [4.78, 5) is 7.82. The minimum Gasteiger partial charge on any atom is -0.497 e. The summed E-state index contributed by atoms with van der Waals surface area (Å²) in [7, 11) is 3.34. The molecule has 0 aromatic heterocycles. The fourth-order valence-corrected chi connectivity index (χ4v) is 3.31. The van der Waals surface area contributed by atoms with Crippen LogP contribution in [0.2, 0.25) is 0 Å². The first-order chi connectivity index (χ1) is 13.1. The average Bonchev–Trinajstić information content (AvgIpc) is 2.67. The van der Waals surface area contributed by atoms with E-state index >= 15 is 0 Å². The van der Waals surface area contributed by atoms with Gasteiger partial charge in [-0.3, -0.25) is 9.89 Å². The first kappa shape index (κ1) is 25.8. The molecule has 0 amide bonds. The van der Waals surface area contributed by atoms with E-state index in [0.717, 1.165) is 17.3 Å². The Kier molecular flexibility index (Phi) is 9.52. The van der Waals surface area contributed by atoms with Crippen LogP contribution in [-0.4, -0.2) is 74.9 Å². The van der Waals surface area contributed by atoms with E-state index in [1.807, 2.05) is 23.1 Å². The van der Waals surface area contributed by atoms with Crippen molar-refractivity contribution in [3.05, 3.63) is 29.8 Å². The van der Waals surface area contributed by atoms with Crippen molar-refractivity contribution in [1.29, 1.82) is 0 Å². The van der Waals surface area contributed by atoms with Crippen molar-refractivity contribution in [2.45, 2.75) is 38.4 Å². The monoisotopic (exact) mass is 528 g/mol. The Labute approximate surface area is 188 Å². The molecule has 0 aliphatic carbocycles. The molecule has 0 radical (unpaired) electrons. The lowest BCUT2D eigenvalue weighted by Crippen LogP contribution is -2.57. The van der Waals surface area contributed by atoms with Crippen LogP contribution in [0, 0.1) is 0 Å². The molecule has 1 aliphatic heterocycles. The van der Waals surface area contributed by atoms with Crippen LogP contribution in [0.5, 0.6) is 5.75 Å². The number of alkyl halides is 3. The fraction of sp³-hybridized carbons (Fsp3) is 0.650. The van der Waals surface area contributed by atoms with Crippen molar-refractivity contribution < 1.29 is 17.9 Å². The van der Waals surface area contributed by atoms with Crippen LogP contribution < -0.4 is 10.1 Å². The zero-order chi connectivity index (χ0) is 20.9. The molecule has 2 rings (SSSR count). The predicted molar refractivity (Wildman–Crippen MR) is 121 cm³/mol.